The summed E-state index contributed by atoms with van der Waals surface area (Å²) in [7, 11) is 0. The number of carbonyl (C=O) groups is 1. The molecule has 3 rings (SSSR count). The standard InChI is InChI=1S/C15H14N4O3/c1-8(2)10-4-3-5-11-12(10)17-15(18-13(11)20)19-7-9(6-16-19)14(21)22/h3-8H,1-2H3,(H,21,22)(H,17,18,20). The molecule has 0 fully saturated rings. The number of para-hydroxylation sites is 1. The largest absolute Gasteiger partial charge is 0.478 e. The van der Waals surface area contributed by atoms with Crippen molar-refractivity contribution in [2.45, 2.75) is 19.8 Å². The number of nitrogens with zero attached hydrogens (tertiary/aromatic N) is 3. The number of hydrogen-bond donors (Lipinski definition) is 2. The van der Waals surface area contributed by atoms with Gasteiger partial charge in [-0.2, -0.15) is 5.10 Å². The van der Waals surface area contributed by atoms with Crippen molar-refractivity contribution in [3.05, 3.63) is 52.1 Å². The number of rotatable bonds is 3. The number of H-pyrrole nitrogens is 1. The maximum absolute atomic E-state index is 12.2. The molecule has 0 radical (unpaired) electrons. The zero-order valence-electron chi connectivity index (χ0n) is 12.1. The minimum Gasteiger partial charge on any atom is -0.478 e. The van der Waals surface area contributed by atoms with Gasteiger partial charge in [-0.15, -0.1) is 0 Å². The van der Waals surface area contributed by atoms with E-state index in [0.29, 0.717) is 10.9 Å². The third-order valence-corrected chi connectivity index (χ3v) is 3.42. The Morgan fingerprint density at radius 2 is 2.14 bits per heavy atom. The van der Waals surface area contributed by atoms with Crippen LogP contribution >= 0.6 is 0 Å². The van der Waals surface area contributed by atoms with Gasteiger partial charge in [-0.3, -0.25) is 9.78 Å². The van der Waals surface area contributed by atoms with Crippen LogP contribution in [0.3, 0.4) is 0 Å². The first kappa shape index (κ1) is 14.0. The second-order valence-electron chi connectivity index (χ2n) is 5.27. The first-order valence-corrected chi connectivity index (χ1v) is 6.78. The number of nitrogens with one attached hydrogen (secondary N) is 1. The van der Waals surface area contributed by atoms with Gasteiger partial charge < -0.3 is 5.11 Å². The fraction of sp³-hybridized carbons (Fsp3) is 0.200. The number of hydrogen-bond acceptors (Lipinski definition) is 4. The highest BCUT2D eigenvalue weighted by molar-refractivity contribution is 5.87. The number of aromatic nitrogens is 4. The average Bonchev–Trinajstić information content (AvgIpc) is 2.96. The van der Waals surface area contributed by atoms with Crippen molar-refractivity contribution in [3.8, 4) is 5.95 Å². The van der Waals surface area contributed by atoms with Crippen LogP contribution in [0.1, 0.15) is 35.7 Å². The summed E-state index contributed by atoms with van der Waals surface area (Å²) < 4.78 is 1.25. The van der Waals surface area contributed by atoms with Crippen LogP contribution in [0.2, 0.25) is 0 Å². The van der Waals surface area contributed by atoms with E-state index in [2.05, 4.69) is 15.1 Å². The molecule has 0 aliphatic heterocycles. The second-order valence-corrected chi connectivity index (χ2v) is 5.27. The number of fused-ring (bicyclic) bond motifs is 1. The van der Waals surface area contributed by atoms with Crippen molar-refractivity contribution in [2.75, 3.05) is 0 Å². The minimum atomic E-state index is -1.09. The summed E-state index contributed by atoms with van der Waals surface area (Å²) in [5, 5.41) is 13.4. The van der Waals surface area contributed by atoms with Crippen molar-refractivity contribution in [2.24, 2.45) is 0 Å². The molecule has 2 N–H and O–H groups in total. The third kappa shape index (κ3) is 2.26. The summed E-state index contributed by atoms with van der Waals surface area (Å²) in [5.41, 5.74) is 1.30. The molecular weight excluding hydrogens is 284 g/mol. The molecule has 112 valence electrons. The molecule has 22 heavy (non-hydrogen) atoms. The van der Waals surface area contributed by atoms with Gasteiger partial charge in [-0.1, -0.05) is 26.0 Å². The van der Waals surface area contributed by atoms with Gasteiger partial charge in [0.1, 0.15) is 0 Å². The Hall–Kier alpha value is -2.96. The average molecular weight is 298 g/mol. The van der Waals surface area contributed by atoms with E-state index in [0.717, 1.165) is 5.56 Å². The smallest absolute Gasteiger partial charge is 0.338 e. The summed E-state index contributed by atoms with van der Waals surface area (Å²) >= 11 is 0. The summed E-state index contributed by atoms with van der Waals surface area (Å²) in [6.45, 7) is 4.04. The summed E-state index contributed by atoms with van der Waals surface area (Å²) in [5.74, 6) is -0.687. The Kier molecular flexibility index (Phi) is 3.25. The predicted octanol–water partition coefficient (Wildman–Crippen LogP) is 1.93. The molecule has 0 amide bonds. The van der Waals surface area contributed by atoms with Crippen LogP contribution in [0.25, 0.3) is 16.9 Å². The normalized spacial score (nSPS) is 11.2. The zero-order valence-corrected chi connectivity index (χ0v) is 12.1. The van der Waals surface area contributed by atoms with Crippen LogP contribution in [-0.2, 0) is 0 Å². The molecule has 0 atom stereocenters. The minimum absolute atomic E-state index is 0.0277. The van der Waals surface area contributed by atoms with Crippen LogP contribution in [0.4, 0.5) is 0 Å². The Morgan fingerprint density at radius 3 is 2.77 bits per heavy atom. The van der Waals surface area contributed by atoms with Crippen LogP contribution < -0.4 is 5.56 Å². The Balaban J connectivity index is 2.25. The highest BCUT2D eigenvalue weighted by atomic mass is 16.4. The fourth-order valence-corrected chi connectivity index (χ4v) is 2.30. The second kappa shape index (κ2) is 5.10. The van der Waals surface area contributed by atoms with Gasteiger partial charge in [-0.25, -0.2) is 14.5 Å². The molecule has 7 nitrogen and oxygen atoms in total. The lowest BCUT2D eigenvalue weighted by Gasteiger charge is -2.09. The molecule has 0 saturated carbocycles. The van der Waals surface area contributed by atoms with E-state index in [1.165, 1.54) is 17.1 Å². The van der Waals surface area contributed by atoms with E-state index < -0.39 is 5.97 Å². The molecule has 7 heteroatoms. The lowest BCUT2D eigenvalue weighted by Crippen LogP contribution is -2.15. The number of aromatic amines is 1. The van der Waals surface area contributed by atoms with Gasteiger partial charge in [0, 0.05) is 6.20 Å². The maximum Gasteiger partial charge on any atom is 0.338 e. The van der Waals surface area contributed by atoms with Gasteiger partial charge in [-0.05, 0) is 17.5 Å². The molecule has 0 saturated heterocycles. The Morgan fingerprint density at radius 1 is 1.36 bits per heavy atom. The Bertz CT molecular complexity index is 924. The van der Waals surface area contributed by atoms with Crippen LogP contribution in [0, 0.1) is 0 Å². The van der Waals surface area contributed by atoms with E-state index in [1.807, 2.05) is 26.0 Å². The SMILES string of the molecule is CC(C)c1cccc2c(=O)[nH]c(-n3cc(C(=O)O)cn3)nc12. The van der Waals surface area contributed by atoms with Gasteiger partial charge in [0.05, 0.1) is 22.7 Å². The lowest BCUT2D eigenvalue weighted by molar-refractivity contribution is 0.0697. The molecule has 0 spiro atoms. The lowest BCUT2D eigenvalue weighted by atomic mass is 10.0. The summed E-state index contributed by atoms with van der Waals surface area (Å²) in [6.07, 6.45) is 2.52. The molecule has 1 aromatic carbocycles. The van der Waals surface area contributed by atoms with E-state index in [9.17, 15) is 9.59 Å². The van der Waals surface area contributed by atoms with Crippen molar-refractivity contribution in [1.82, 2.24) is 19.7 Å². The summed E-state index contributed by atoms with van der Waals surface area (Å²) in [4.78, 5) is 30.2. The van der Waals surface area contributed by atoms with Gasteiger partial charge in [0.2, 0.25) is 5.95 Å². The molecule has 0 unspecified atom stereocenters. The zero-order chi connectivity index (χ0) is 15.9. The highest BCUT2D eigenvalue weighted by Crippen LogP contribution is 2.22. The van der Waals surface area contributed by atoms with Gasteiger partial charge >= 0.3 is 5.97 Å². The van der Waals surface area contributed by atoms with Crippen LogP contribution in [0.15, 0.2) is 35.4 Å². The molecule has 2 aromatic heterocycles. The molecule has 0 aliphatic carbocycles. The molecule has 0 bridgehead atoms. The van der Waals surface area contributed by atoms with Gasteiger partial charge in [0.25, 0.3) is 5.56 Å². The monoisotopic (exact) mass is 298 g/mol. The molecular formula is C15H14N4O3. The number of aromatic carboxylic acids is 1. The van der Waals surface area contributed by atoms with Crippen LogP contribution in [0.5, 0.6) is 0 Å². The first-order chi connectivity index (χ1) is 10.5. The van der Waals surface area contributed by atoms with Crippen molar-refractivity contribution in [3.63, 3.8) is 0 Å². The Labute approximate surface area is 125 Å². The summed E-state index contributed by atoms with van der Waals surface area (Å²) in [6, 6.07) is 5.46. The molecule has 2 heterocycles. The number of carboxylic acid groups (broad SMARTS) is 1. The van der Waals surface area contributed by atoms with E-state index in [1.54, 1.807) is 6.07 Å². The third-order valence-electron chi connectivity index (χ3n) is 3.42. The topological polar surface area (TPSA) is 101 Å². The van der Waals surface area contributed by atoms with E-state index >= 15 is 0 Å². The van der Waals surface area contributed by atoms with Crippen LogP contribution in [-0.4, -0.2) is 30.8 Å². The van der Waals surface area contributed by atoms with E-state index in [4.69, 9.17) is 5.11 Å². The molecule has 3 aromatic rings. The predicted molar refractivity (Wildman–Crippen MR) is 80.5 cm³/mol. The van der Waals surface area contributed by atoms with Gasteiger partial charge in [0.15, 0.2) is 0 Å². The molecule has 0 aliphatic rings. The number of benzene rings is 1. The maximum atomic E-state index is 12.2. The number of carboxylic acids is 1. The first-order valence-electron chi connectivity index (χ1n) is 6.78. The van der Waals surface area contributed by atoms with Crippen molar-refractivity contribution >= 4 is 16.9 Å². The van der Waals surface area contributed by atoms with E-state index in [-0.39, 0.29) is 23.0 Å². The quantitative estimate of drug-likeness (QED) is 0.769. The fourth-order valence-electron chi connectivity index (χ4n) is 2.30. The highest BCUT2D eigenvalue weighted by Gasteiger charge is 2.13. The van der Waals surface area contributed by atoms with Crippen molar-refractivity contribution in [1.29, 1.82) is 0 Å². The van der Waals surface area contributed by atoms with Crippen molar-refractivity contribution < 1.29 is 9.90 Å².